The van der Waals surface area contributed by atoms with Gasteiger partial charge in [0.2, 0.25) is 5.91 Å². The molecule has 1 atom stereocenters. The zero-order valence-electron chi connectivity index (χ0n) is 9.86. The molecule has 1 saturated heterocycles. The number of carbonyl (C=O) groups excluding carboxylic acids is 2. The predicted molar refractivity (Wildman–Crippen MR) is 65.4 cm³/mol. The van der Waals surface area contributed by atoms with Crippen LogP contribution in [-0.2, 0) is 9.59 Å². The first-order valence-electron chi connectivity index (χ1n) is 5.42. The Bertz CT molecular complexity index is 485. The van der Waals surface area contributed by atoms with Crippen LogP contribution in [0, 0.1) is 6.92 Å². The number of likely N-dealkylation sites (tertiary alicyclic amines) is 1. The van der Waals surface area contributed by atoms with Gasteiger partial charge in [-0.1, -0.05) is 6.07 Å². The molecular weight excluding hydrogens is 218 g/mol. The molecule has 3 N–H and O–H groups in total. The van der Waals surface area contributed by atoms with Gasteiger partial charge < -0.3 is 11.1 Å². The van der Waals surface area contributed by atoms with Crippen LogP contribution in [0.2, 0.25) is 0 Å². The Morgan fingerprint density at radius 3 is 2.71 bits per heavy atom. The van der Waals surface area contributed by atoms with E-state index in [1.54, 1.807) is 6.07 Å². The van der Waals surface area contributed by atoms with Gasteiger partial charge in [0.15, 0.2) is 0 Å². The number of nitrogens with two attached hydrogens (primary N) is 1. The minimum absolute atomic E-state index is 0.158. The van der Waals surface area contributed by atoms with E-state index in [9.17, 15) is 9.59 Å². The summed E-state index contributed by atoms with van der Waals surface area (Å²) in [5, 5.41) is 3.07. The van der Waals surface area contributed by atoms with E-state index in [1.807, 2.05) is 19.1 Å². The van der Waals surface area contributed by atoms with Crippen LogP contribution in [0.15, 0.2) is 18.2 Å². The SMILES string of the molecule is Cc1c(N)cccc1NC1CC(=O)N(C)C1=O. The molecule has 90 valence electrons. The highest BCUT2D eigenvalue weighted by Crippen LogP contribution is 2.23. The van der Waals surface area contributed by atoms with Gasteiger partial charge in [-0.2, -0.15) is 0 Å². The van der Waals surface area contributed by atoms with Crippen molar-refractivity contribution in [3.8, 4) is 0 Å². The lowest BCUT2D eigenvalue weighted by Gasteiger charge is -2.15. The van der Waals surface area contributed by atoms with Gasteiger partial charge in [-0.3, -0.25) is 14.5 Å². The second kappa shape index (κ2) is 4.08. The number of rotatable bonds is 2. The van der Waals surface area contributed by atoms with Gasteiger partial charge in [0.25, 0.3) is 5.91 Å². The minimum atomic E-state index is -0.479. The fraction of sp³-hybridized carbons (Fsp3) is 0.333. The average molecular weight is 233 g/mol. The number of nitrogens with one attached hydrogen (secondary N) is 1. The molecule has 1 aliphatic rings. The second-order valence-corrected chi connectivity index (χ2v) is 4.21. The largest absolute Gasteiger partial charge is 0.398 e. The van der Waals surface area contributed by atoms with Crippen molar-refractivity contribution in [2.24, 2.45) is 0 Å². The number of amides is 2. The van der Waals surface area contributed by atoms with Gasteiger partial charge >= 0.3 is 0 Å². The fourth-order valence-electron chi connectivity index (χ4n) is 1.87. The first-order chi connectivity index (χ1) is 8.00. The summed E-state index contributed by atoms with van der Waals surface area (Å²) in [6, 6.07) is 4.99. The number of carbonyl (C=O) groups is 2. The highest BCUT2D eigenvalue weighted by Gasteiger charge is 2.36. The maximum atomic E-state index is 11.7. The standard InChI is InChI=1S/C12H15N3O2/c1-7-8(13)4-3-5-9(7)14-10-6-11(16)15(2)12(10)17/h3-5,10,14H,6,13H2,1-2H3. The van der Waals surface area contributed by atoms with Crippen molar-refractivity contribution in [2.45, 2.75) is 19.4 Å². The number of imide groups is 1. The lowest BCUT2D eigenvalue weighted by atomic mass is 10.1. The van der Waals surface area contributed by atoms with Crippen molar-refractivity contribution < 1.29 is 9.59 Å². The van der Waals surface area contributed by atoms with Gasteiger partial charge in [-0.25, -0.2) is 0 Å². The molecule has 0 aliphatic carbocycles. The monoisotopic (exact) mass is 233 g/mol. The maximum absolute atomic E-state index is 11.7. The Balaban J connectivity index is 2.20. The minimum Gasteiger partial charge on any atom is -0.398 e. The zero-order chi connectivity index (χ0) is 12.6. The molecule has 2 amide bonds. The summed E-state index contributed by atoms with van der Waals surface area (Å²) in [5.41, 5.74) is 8.14. The number of nitrogens with zero attached hydrogens (tertiary/aromatic N) is 1. The normalized spacial score (nSPS) is 19.9. The van der Waals surface area contributed by atoms with Crippen LogP contribution in [-0.4, -0.2) is 29.8 Å². The van der Waals surface area contributed by atoms with Crippen LogP contribution < -0.4 is 11.1 Å². The van der Waals surface area contributed by atoms with Crippen LogP contribution in [0.3, 0.4) is 0 Å². The predicted octanol–water partition coefficient (Wildman–Crippen LogP) is 0.746. The molecule has 1 aromatic carbocycles. The van der Waals surface area contributed by atoms with E-state index in [-0.39, 0.29) is 18.2 Å². The molecule has 0 saturated carbocycles. The average Bonchev–Trinajstić information content (AvgIpc) is 2.53. The Kier molecular flexibility index (Phi) is 2.75. The Morgan fingerprint density at radius 1 is 1.41 bits per heavy atom. The number of nitrogen functional groups attached to an aromatic ring is 1. The van der Waals surface area contributed by atoms with Crippen molar-refractivity contribution in [3.63, 3.8) is 0 Å². The highest BCUT2D eigenvalue weighted by atomic mass is 16.2. The van der Waals surface area contributed by atoms with E-state index in [2.05, 4.69) is 5.32 Å². The first-order valence-corrected chi connectivity index (χ1v) is 5.42. The molecule has 5 nitrogen and oxygen atoms in total. The summed E-state index contributed by atoms with van der Waals surface area (Å²) in [6.45, 7) is 1.88. The molecule has 1 heterocycles. The molecular formula is C12H15N3O2. The van der Waals surface area contributed by atoms with E-state index >= 15 is 0 Å². The van der Waals surface area contributed by atoms with Crippen molar-refractivity contribution in [3.05, 3.63) is 23.8 Å². The van der Waals surface area contributed by atoms with Crippen LogP contribution in [0.4, 0.5) is 11.4 Å². The van der Waals surface area contributed by atoms with E-state index in [4.69, 9.17) is 5.73 Å². The van der Waals surface area contributed by atoms with E-state index in [1.165, 1.54) is 7.05 Å². The summed E-state index contributed by atoms with van der Waals surface area (Å²) in [4.78, 5) is 24.3. The zero-order valence-corrected chi connectivity index (χ0v) is 9.86. The number of hydrogen-bond donors (Lipinski definition) is 2. The molecule has 1 unspecified atom stereocenters. The molecule has 0 radical (unpaired) electrons. The number of anilines is 2. The molecule has 0 bridgehead atoms. The van der Waals surface area contributed by atoms with E-state index < -0.39 is 6.04 Å². The summed E-state index contributed by atoms with van der Waals surface area (Å²) in [6.07, 6.45) is 0.198. The van der Waals surface area contributed by atoms with Gasteiger partial charge in [-0.05, 0) is 24.6 Å². The lowest BCUT2D eigenvalue weighted by molar-refractivity contribution is -0.136. The van der Waals surface area contributed by atoms with E-state index in [0.29, 0.717) is 5.69 Å². The van der Waals surface area contributed by atoms with Gasteiger partial charge in [0.05, 0.1) is 6.42 Å². The number of benzene rings is 1. The summed E-state index contributed by atoms with van der Waals surface area (Å²) in [5.74, 6) is -0.356. The number of hydrogen-bond acceptors (Lipinski definition) is 4. The second-order valence-electron chi connectivity index (χ2n) is 4.21. The third-order valence-electron chi connectivity index (χ3n) is 3.09. The topological polar surface area (TPSA) is 75.4 Å². The van der Waals surface area contributed by atoms with Crippen LogP contribution >= 0.6 is 0 Å². The summed E-state index contributed by atoms with van der Waals surface area (Å²) >= 11 is 0. The lowest BCUT2D eigenvalue weighted by Crippen LogP contribution is -2.32. The molecule has 17 heavy (non-hydrogen) atoms. The van der Waals surface area contributed by atoms with E-state index in [0.717, 1.165) is 16.2 Å². The van der Waals surface area contributed by atoms with Crippen molar-refractivity contribution in [1.82, 2.24) is 4.90 Å². The molecule has 5 heteroatoms. The smallest absolute Gasteiger partial charge is 0.251 e. The molecule has 1 aromatic rings. The van der Waals surface area contributed by atoms with Crippen LogP contribution in [0.25, 0.3) is 0 Å². The van der Waals surface area contributed by atoms with Gasteiger partial charge in [0.1, 0.15) is 6.04 Å². The molecule has 1 aliphatic heterocycles. The highest BCUT2D eigenvalue weighted by molar-refractivity contribution is 6.06. The Morgan fingerprint density at radius 2 is 2.12 bits per heavy atom. The quantitative estimate of drug-likeness (QED) is 0.583. The van der Waals surface area contributed by atoms with Crippen molar-refractivity contribution in [2.75, 3.05) is 18.1 Å². The van der Waals surface area contributed by atoms with Crippen molar-refractivity contribution >= 4 is 23.2 Å². The number of likely N-dealkylation sites (N-methyl/N-ethyl adjacent to an activating group) is 1. The Labute approximate surface area is 99.6 Å². The summed E-state index contributed by atoms with van der Waals surface area (Å²) in [7, 11) is 1.50. The van der Waals surface area contributed by atoms with Gasteiger partial charge in [0, 0.05) is 18.4 Å². The van der Waals surface area contributed by atoms with Crippen LogP contribution in [0.5, 0.6) is 0 Å². The summed E-state index contributed by atoms with van der Waals surface area (Å²) < 4.78 is 0. The first kappa shape index (κ1) is 11.4. The third-order valence-corrected chi connectivity index (χ3v) is 3.09. The van der Waals surface area contributed by atoms with Crippen molar-refractivity contribution in [1.29, 1.82) is 0 Å². The van der Waals surface area contributed by atoms with Crippen LogP contribution in [0.1, 0.15) is 12.0 Å². The fourth-order valence-corrected chi connectivity index (χ4v) is 1.87. The van der Waals surface area contributed by atoms with Gasteiger partial charge in [-0.15, -0.1) is 0 Å². The molecule has 0 aromatic heterocycles. The maximum Gasteiger partial charge on any atom is 0.251 e. The third kappa shape index (κ3) is 1.95. The molecule has 2 rings (SSSR count). The Hall–Kier alpha value is -2.04. The molecule has 0 spiro atoms. The molecule has 1 fully saturated rings.